The van der Waals surface area contributed by atoms with Crippen LogP contribution in [-0.2, 0) is 12.8 Å². The van der Waals surface area contributed by atoms with E-state index in [1.807, 2.05) is 6.07 Å². The number of hydrogen-bond acceptors (Lipinski definition) is 5. The number of benzene rings is 3. The van der Waals surface area contributed by atoms with Crippen molar-refractivity contribution in [1.29, 1.82) is 0 Å². The van der Waals surface area contributed by atoms with Gasteiger partial charge in [-0.05, 0) is 48.7 Å². The molecular formula is C24H21F2NO4. The maximum atomic E-state index is 14.0. The molecule has 160 valence electrons. The summed E-state index contributed by atoms with van der Waals surface area (Å²) in [6.07, 6.45) is 0.163. The second-order valence-electron chi connectivity index (χ2n) is 7.38. The largest absolute Gasteiger partial charge is 0.490 e. The molecule has 3 N–H and O–H groups in total. The van der Waals surface area contributed by atoms with E-state index < -0.39 is 24.3 Å². The summed E-state index contributed by atoms with van der Waals surface area (Å²) in [6.45, 7) is -0.491. The van der Waals surface area contributed by atoms with Crippen LogP contribution in [0.15, 0.2) is 54.6 Å². The van der Waals surface area contributed by atoms with Crippen molar-refractivity contribution in [3.05, 3.63) is 88.5 Å². The quantitative estimate of drug-likeness (QED) is 0.560. The first-order chi connectivity index (χ1) is 15.0. The molecule has 31 heavy (non-hydrogen) atoms. The average Bonchev–Trinajstić information content (AvgIpc) is 2.91. The zero-order valence-corrected chi connectivity index (χ0v) is 16.6. The molecule has 1 aliphatic rings. The summed E-state index contributed by atoms with van der Waals surface area (Å²) < 4.78 is 32.8. The molecule has 3 aromatic carbocycles. The number of fused-ring (bicyclic) bond motifs is 2. The highest BCUT2D eigenvalue weighted by molar-refractivity contribution is 6.12. The topological polar surface area (TPSA) is 78.8 Å². The number of carbonyl (C=O) groups excluding carboxylic acids is 1. The molecule has 0 spiro atoms. The average molecular weight is 425 g/mol. The van der Waals surface area contributed by atoms with Gasteiger partial charge >= 0.3 is 0 Å². The van der Waals surface area contributed by atoms with Crippen LogP contribution in [0.25, 0.3) is 0 Å². The molecule has 0 unspecified atom stereocenters. The number of aliphatic hydroxyl groups excluding tert-OH is 2. The Morgan fingerprint density at radius 2 is 1.87 bits per heavy atom. The van der Waals surface area contributed by atoms with Crippen molar-refractivity contribution in [3.63, 3.8) is 0 Å². The highest BCUT2D eigenvalue weighted by atomic mass is 19.1. The standard InChI is InChI=1S/C24H21F2NO4/c25-15-6-9-22(21(26)10-15)27-16-7-4-14-5-8-18-19(24(30)20(14)11-16)2-1-3-23(18)31-13-17(29)12-28/h1-4,6-7,9-11,17,27-29H,5,8,12-13H2/t17-/m1/s1. The third-order valence-electron chi connectivity index (χ3n) is 5.23. The van der Waals surface area contributed by atoms with Crippen LogP contribution >= 0.6 is 0 Å². The fourth-order valence-corrected chi connectivity index (χ4v) is 3.64. The first-order valence-electron chi connectivity index (χ1n) is 9.89. The van der Waals surface area contributed by atoms with Crippen molar-refractivity contribution in [2.45, 2.75) is 18.9 Å². The monoisotopic (exact) mass is 425 g/mol. The highest BCUT2D eigenvalue weighted by Crippen LogP contribution is 2.32. The van der Waals surface area contributed by atoms with E-state index >= 15 is 0 Å². The zero-order chi connectivity index (χ0) is 22.0. The minimum Gasteiger partial charge on any atom is -0.490 e. The molecule has 0 aromatic heterocycles. The van der Waals surface area contributed by atoms with E-state index in [1.165, 1.54) is 6.07 Å². The van der Waals surface area contributed by atoms with Crippen LogP contribution in [0.2, 0.25) is 0 Å². The number of aryl methyl sites for hydroxylation is 1. The Balaban J connectivity index is 1.64. The second kappa shape index (κ2) is 8.83. The summed E-state index contributed by atoms with van der Waals surface area (Å²) in [6, 6.07) is 13.7. The fraction of sp³-hybridized carbons (Fsp3) is 0.208. The summed E-state index contributed by atoms with van der Waals surface area (Å²) >= 11 is 0. The van der Waals surface area contributed by atoms with E-state index in [0.29, 0.717) is 35.4 Å². The first kappa shape index (κ1) is 21.0. The molecule has 0 saturated carbocycles. The number of nitrogens with one attached hydrogen (secondary N) is 1. The maximum Gasteiger partial charge on any atom is 0.193 e. The number of ketones is 1. The lowest BCUT2D eigenvalue weighted by molar-refractivity contribution is 0.0533. The van der Waals surface area contributed by atoms with Gasteiger partial charge in [0.1, 0.15) is 30.1 Å². The van der Waals surface area contributed by atoms with Crippen molar-refractivity contribution in [1.82, 2.24) is 0 Å². The van der Waals surface area contributed by atoms with Crippen LogP contribution in [0.5, 0.6) is 5.75 Å². The molecule has 3 aromatic rings. The molecule has 0 amide bonds. The molecule has 0 saturated heterocycles. The Kier molecular flexibility index (Phi) is 5.97. The SMILES string of the molecule is O=C1c2cc(Nc3ccc(F)cc3F)ccc2CCc2c(OC[C@H](O)CO)cccc21. The van der Waals surface area contributed by atoms with Gasteiger partial charge < -0.3 is 20.3 Å². The number of anilines is 2. The lowest BCUT2D eigenvalue weighted by Gasteiger charge is -2.15. The Labute approximate surface area is 177 Å². The van der Waals surface area contributed by atoms with Crippen LogP contribution in [0.4, 0.5) is 20.2 Å². The van der Waals surface area contributed by atoms with Crippen molar-refractivity contribution in [2.24, 2.45) is 0 Å². The van der Waals surface area contributed by atoms with E-state index in [9.17, 15) is 18.7 Å². The lowest BCUT2D eigenvalue weighted by atomic mass is 9.98. The van der Waals surface area contributed by atoms with Crippen LogP contribution in [0, 0.1) is 11.6 Å². The van der Waals surface area contributed by atoms with Gasteiger partial charge in [0.05, 0.1) is 12.3 Å². The molecule has 5 nitrogen and oxygen atoms in total. The van der Waals surface area contributed by atoms with Gasteiger partial charge in [-0.25, -0.2) is 8.78 Å². The molecule has 0 heterocycles. The summed E-state index contributed by atoms with van der Waals surface area (Å²) in [5.74, 6) is -1.07. The van der Waals surface area contributed by atoms with E-state index in [4.69, 9.17) is 9.84 Å². The van der Waals surface area contributed by atoms with Gasteiger partial charge in [-0.1, -0.05) is 18.2 Å². The third kappa shape index (κ3) is 4.42. The second-order valence-corrected chi connectivity index (χ2v) is 7.38. The Morgan fingerprint density at radius 3 is 2.65 bits per heavy atom. The van der Waals surface area contributed by atoms with Gasteiger partial charge in [-0.3, -0.25) is 4.79 Å². The van der Waals surface area contributed by atoms with Gasteiger partial charge in [0.15, 0.2) is 5.78 Å². The number of carbonyl (C=O) groups is 1. The van der Waals surface area contributed by atoms with Crippen LogP contribution in [0.3, 0.4) is 0 Å². The van der Waals surface area contributed by atoms with Crippen LogP contribution in [-0.4, -0.2) is 35.3 Å². The minimum absolute atomic E-state index is 0.0780. The number of rotatable bonds is 6. The highest BCUT2D eigenvalue weighted by Gasteiger charge is 2.24. The van der Waals surface area contributed by atoms with Crippen molar-refractivity contribution < 1.29 is 28.5 Å². The molecule has 0 radical (unpaired) electrons. The number of ether oxygens (including phenoxy) is 1. The number of halogens is 2. The summed E-state index contributed by atoms with van der Waals surface area (Å²) in [5.41, 5.74) is 3.22. The molecule has 7 heteroatoms. The molecular weight excluding hydrogens is 404 g/mol. The van der Waals surface area contributed by atoms with Crippen LogP contribution < -0.4 is 10.1 Å². The molecule has 4 rings (SSSR count). The normalized spacial score (nSPS) is 13.7. The van der Waals surface area contributed by atoms with Crippen molar-refractivity contribution >= 4 is 17.2 Å². The van der Waals surface area contributed by atoms with E-state index in [-0.39, 0.29) is 18.1 Å². The molecule has 0 fully saturated rings. The zero-order valence-electron chi connectivity index (χ0n) is 16.6. The molecule has 0 bridgehead atoms. The third-order valence-corrected chi connectivity index (χ3v) is 5.23. The first-order valence-corrected chi connectivity index (χ1v) is 9.89. The smallest absolute Gasteiger partial charge is 0.193 e. The van der Waals surface area contributed by atoms with Gasteiger partial charge in [0.2, 0.25) is 0 Å². The van der Waals surface area contributed by atoms with Gasteiger partial charge in [-0.15, -0.1) is 0 Å². The predicted octanol–water partition coefficient (Wildman–Crippen LogP) is 3.77. The molecule has 1 aliphatic carbocycles. The Bertz CT molecular complexity index is 1130. The Hall–Kier alpha value is -3.29. The fourth-order valence-electron chi connectivity index (χ4n) is 3.64. The Morgan fingerprint density at radius 1 is 1.03 bits per heavy atom. The van der Waals surface area contributed by atoms with Gasteiger partial charge in [0, 0.05) is 28.4 Å². The molecule has 0 aliphatic heterocycles. The van der Waals surface area contributed by atoms with E-state index in [1.54, 1.807) is 30.3 Å². The number of hydrogen-bond donors (Lipinski definition) is 3. The van der Waals surface area contributed by atoms with Crippen LogP contribution in [0.1, 0.15) is 27.0 Å². The number of aliphatic hydroxyl groups is 2. The van der Waals surface area contributed by atoms with Crippen molar-refractivity contribution in [3.8, 4) is 5.75 Å². The molecule has 1 atom stereocenters. The van der Waals surface area contributed by atoms with E-state index in [0.717, 1.165) is 23.3 Å². The summed E-state index contributed by atoms with van der Waals surface area (Å²) in [4.78, 5) is 13.3. The van der Waals surface area contributed by atoms with E-state index in [2.05, 4.69) is 5.32 Å². The lowest BCUT2D eigenvalue weighted by Crippen LogP contribution is -2.22. The minimum atomic E-state index is -1.00. The summed E-state index contributed by atoms with van der Waals surface area (Å²) in [7, 11) is 0. The van der Waals surface area contributed by atoms with Gasteiger partial charge in [0.25, 0.3) is 0 Å². The van der Waals surface area contributed by atoms with Gasteiger partial charge in [-0.2, -0.15) is 0 Å². The predicted molar refractivity (Wildman–Crippen MR) is 112 cm³/mol. The van der Waals surface area contributed by atoms with Crippen molar-refractivity contribution in [2.75, 3.05) is 18.5 Å². The maximum absolute atomic E-state index is 14.0. The summed E-state index contributed by atoms with van der Waals surface area (Å²) in [5, 5.41) is 21.4.